The summed E-state index contributed by atoms with van der Waals surface area (Å²) in [6.45, 7) is 12.5. The molecule has 0 aliphatic heterocycles. The van der Waals surface area contributed by atoms with Crippen LogP contribution in [0.25, 0.3) is 0 Å². The van der Waals surface area contributed by atoms with Crippen molar-refractivity contribution in [2.24, 2.45) is 10.2 Å². The molecular weight excluding hydrogens is 490 g/mol. The minimum absolute atomic E-state index is 0.00131. The molecule has 1 aromatic heterocycles. The van der Waals surface area contributed by atoms with Crippen molar-refractivity contribution < 1.29 is 13.2 Å². The molecule has 1 N–H and O–H groups in total. The smallest absolute Gasteiger partial charge is 0.285 e. The third kappa shape index (κ3) is 5.86. The average Bonchev–Trinajstić information content (AvgIpc) is 3.24. The number of benzene rings is 2. The second kappa shape index (κ2) is 10.9. The number of hydrogen-bond donors (Lipinski definition) is 1. The summed E-state index contributed by atoms with van der Waals surface area (Å²) < 4.78 is 27.8. The Hall–Kier alpha value is -4.04. The zero-order chi connectivity index (χ0) is 27.4. The average molecular weight is 522 g/mol. The summed E-state index contributed by atoms with van der Waals surface area (Å²) in [6, 6.07) is 15.2. The fraction of sp³-hybridized carbons (Fsp3) is 0.346. The van der Waals surface area contributed by atoms with Crippen molar-refractivity contribution in [3.63, 3.8) is 0 Å². The van der Waals surface area contributed by atoms with Crippen LogP contribution in [0, 0.1) is 11.3 Å². The highest BCUT2D eigenvalue weighted by molar-refractivity contribution is 7.90. The minimum atomic E-state index is -4.18. The topological polar surface area (TPSA) is 133 Å². The molecule has 0 aliphatic rings. The highest BCUT2D eigenvalue weighted by Gasteiger charge is 2.32. The van der Waals surface area contributed by atoms with Crippen LogP contribution < -0.4 is 10.2 Å². The largest absolute Gasteiger partial charge is 0.372 e. The van der Waals surface area contributed by atoms with Crippen molar-refractivity contribution in [1.29, 1.82) is 5.26 Å². The Labute approximate surface area is 217 Å². The van der Waals surface area contributed by atoms with Crippen LogP contribution in [0.3, 0.4) is 0 Å². The summed E-state index contributed by atoms with van der Waals surface area (Å²) >= 11 is 0. The molecule has 0 aliphatic carbocycles. The molecular formula is C26H31N7O3S. The van der Waals surface area contributed by atoms with Crippen molar-refractivity contribution in [3.05, 3.63) is 59.8 Å². The SMILES string of the molecule is CCN(CC)c1ccc(/N=N/c2c(C#N)c(C(C)(C)C)nn2S(=O)(=O)c2ccccc2)c(NC(C)=O)c1. The normalized spacial score (nSPS) is 11.9. The third-order valence-corrected chi connectivity index (χ3v) is 7.17. The van der Waals surface area contributed by atoms with Crippen LogP contribution in [0.2, 0.25) is 0 Å². The number of nitrogens with one attached hydrogen (secondary N) is 1. The number of anilines is 2. The van der Waals surface area contributed by atoms with Crippen LogP contribution in [-0.2, 0) is 20.2 Å². The Morgan fingerprint density at radius 3 is 2.30 bits per heavy atom. The van der Waals surface area contributed by atoms with Gasteiger partial charge < -0.3 is 10.2 Å². The van der Waals surface area contributed by atoms with Gasteiger partial charge >= 0.3 is 0 Å². The zero-order valence-electron chi connectivity index (χ0n) is 21.8. The molecule has 1 heterocycles. The van der Waals surface area contributed by atoms with Crippen LogP contribution in [-0.4, -0.2) is 36.6 Å². The van der Waals surface area contributed by atoms with E-state index < -0.39 is 15.4 Å². The summed E-state index contributed by atoms with van der Waals surface area (Å²) in [5.74, 6) is -0.504. The van der Waals surface area contributed by atoms with Crippen LogP contribution >= 0.6 is 0 Å². The molecule has 11 heteroatoms. The summed E-state index contributed by atoms with van der Waals surface area (Å²) in [4.78, 5) is 14.0. The summed E-state index contributed by atoms with van der Waals surface area (Å²) in [7, 11) is -4.18. The van der Waals surface area contributed by atoms with Gasteiger partial charge in [0, 0.05) is 31.1 Å². The number of nitrogens with zero attached hydrogens (tertiary/aromatic N) is 6. The zero-order valence-corrected chi connectivity index (χ0v) is 22.7. The number of carbonyl (C=O) groups excluding carboxylic acids is 1. The molecule has 10 nitrogen and oxygen atoms in total. The van der Waals surface area contributed by atoms with E-state index in [9.17, 15) is 18.5 Å². The van der Waals surface area contributed by atoms with Gasteiger partial charge in [0.1, 0.15) is 17.3 Å². The van der Waals surface area contributed by atoms with Gasteiger partial charge in [-0.05, 0) is 44.2 Å². The maximum atomic E-state index is 13.5. The molecule has 0 saturated heterocycles. The molecule has 0 fully saturated rings. The fourth-order valence-electron chi connectivity index (χ4n) is 3.75. The number of carbonyl (C=O) groups is 1. The molecule has 0 bridgehead atoms. The number of nitriles is 1. The summed E-state index contributed by atoms with van der Waals surface area (Å²) in [5, 5.41) is 25.5. The monoisotopic (exact) mass is 521 g/mol. The number of azo groups is 1. The minimum Gasteiger partial charge on any atom is -0.372 e. The predicted octanol–water partition coefficient (Wildman–Crippen LogP) is 5.51. The van der Waals surface area contributed by atoms with Gasteiger partial charge in [-0.2, -0.15) is 18.8 Å². The van der Waals surface area contributed by atoms with Crippen LogP contribution in [0.1, 0.15) is 52.8 Å². The van der Waals surface area contributed by atoms with Crippen molar-refractivity contribution in [3.8, 4) is 6.07 Å². The van der Waals surface area contributed by atoms with E-state index in [-0.39, 0.29) is 27.9 Å². The van der Waals surface area contributed by atoms with Crippen molar-refractivity contribution in [1.82, 2.24) is 9.19 Å². The first-order valence-electron chi connectivity index (χ1n) is 11.9. The predicted molar refractivity (Wildman–Crippen MR) is 143 cm³/mol. The third-order valence-electron chi connectivity index (χ3n) is 5.60. The molecule has 3 aromatic rings. The Kier molecular flexibility index (Phi) is 8.13. The van der Waals surface area contributed by atoms with Gasteiger partial charge in [0.2, 0.25) is 11.7 Å². The lowest BCUT2D eigenvalue weighted by molar-refractivity contribution is -0.114. The number of hydrogen-bond acceptors (Lipinski definition) is 8. The van der Waals surface area contributed by atoms with Crippen molar-refractivity contribution >= 4 is 38.8 Å². The van der Waals surface area contributed by atoms with E-state index in [0.717, 1.165) is 22.9 Å². The number of rotatable bonds is 8. The molecule has 0 spiro atoms. The van der Waals surface area contributed by atoms with Gasteiger partial charge in [0.05, 0.1) is 16.3 Å². The maximum Gasteiger partial charge on any atom is 0.285 e. The fourth-order valence-corrected chi connectivity index (χ4v) is 5.00. The molecule has 0 atom stereocenters. The first kappa shape index (κ1) is 27.5. The molecule has 194 valence electrons. The van der Waals surface area contributed by atoms with Crippen molar-refractivity contribution in [2.75, 3.05) is 23.3 Å². The summed E-state index contributed by atoms with van der Waals surface area (Å²) in [5.41, 5.74) is 1.25. The van der Waals surface area contributed by atoms with Crippen LogP contribution in [0.15, 0.2) is 63.7 Å². The molecule has 3 rings (SSSR count). The lowest BCUT2D eigenvalue weighted by Crippen LogP contribution is -2.21. The highest BCUT2D eigenvalue weighted by Crippen LogP contribution is 2.36. The van der Waals surface area contributed by atoms with Crippen LogP contribution in [0.4, 0.5) is 22.9 Å². The quantitative estimate of drug-likeness (QED) is 0.389. The second-order valence-electron chi connectivity index (χ2n) is 9.33. The molecule has 1 amide bonds. The first-order valence-corrected chi connectivity index (χ1v) is 13.3. The second-order valence-corrected chi connectivity index (χ2v) is 11.1. The molecule has 2 aromatic carbocycles. The van der Waals surface area contributed by atoms with Gasteiger partial charge in [0.25, 0.3) is 10.0 Å². The van der Waals surface area contributed by atoms with E-state index in [0.29, 0.717) is 11.4 Å². The molecule has 37 heavy (non-hydrogen) atoms. The summed E-state index contributed by atoms with van der Waals surface area (Å²) in [6.07, 6.45) is 0. The highest BCUT2D eigenvalue weighted by atomic mass is 32.2. The van der Waals surface area contributed by atoms with Crippen molar-refractivity contribution in [2.45, 2.75) is 51.9 Å². The van der Waals surface area contributed by atoms with E-state index in [1.807, 2.05) is 40.7 Å². The Bertz CT molecular complexity index is 1460. The van der Waals surface area contributed by atoms with Gasteiger partial charge in [-0.15, -0.1) is 14.3 Å². The Morgan fingerprint density at radius 2 is 1.76 bits per heavy atom. The maximum absolute atomic E-state index is 13.5. The van der Waals surface area contributed by atoms with E-state index in [1.165, 1.54) is 19.1 Å². The molecule has 0 unspecified atom stereocenters. The van der Waals surface area contributed by atoms with E-state index >= 15 is 0 Å². The van der Waals surface area contributed by atoms with Gasteiger partial charge in [-0.3, -0.25) is 4.79 Å². The standard InChI is InChI=1S/C26H31N7O3S/c1-7-32(8-2)19-14-15-22(23(16-19)28-18(3)34)29-30-25-21(17-27)24(26(4,5)6)31-33(25)37(35,36)20-12-10-9-11-13-20/h9-16H,7-8H2,1-6H3,(H,28,34)/b30-29+. The Balaban J connectivity index is 2.23. The van der Waals surface area contributed by atoms with E-state index in [1.54, 1.807) is 30.3 Å². The van der Waals surface area contributed by atoms with Gasteiger partial charge in [-0.1, -0.05) is 39.0 Å². The van der Waals surface area contributed by atoms with Gasteiger partial charge in [-0.25, -0.2) is 0 Å². The van der Waals surface area contributed by atoms with Crippen LogP contribution in [0.5, 0.6) is 0 Å². The molecule has 0 saturated carbocycles. The van der Waals surface area contributed by atoms with Gasteiger partial charge in [0.15, 0.2) is 0 Å². The number of aromatic nitrogens is 2. The molecule has 0 radical (unpaired) electrons. The van der Waals surface area contributed by atoms with E-state index in [4.69, 9.17) is 0 Å². The Morgan fingerprint density at radius 1 is 1.11 bits per heavy atom. The first-order chi connectivity index (χ1) is 17.4. The lowest BCUT2D eigenvalue weighted by atomic mass is 9.90. The van der Waals surface area contributed by atoms with E-state index in [2.05, 4.69) is 31.6 Å². The number of amides is 1. The lowest BCUT2D eigenvalue weighted by Gasteiger charge is -2.22.